The van der Waals surface area contributed by atoms with Gasteiger partial charge in [0.1, 0.15) is 11.6 Å². The number of methoxy groups -OCH3 is 1. The molecule has 9 heteroatoms. The van der Waals surface area contributed by atoms with E-state index in [4.69, 9.17) is 4.74 Å². The van der Waals surface area contributed by atoms with Gasteiger partial charge in [-0.05, 0) is 61.0 Å². The minimum atomic E-state index is -0.399. The number of carbonyl (C=O) groups is 1. The van der Waals surface area contributed by atoms with Gasteiger partial charge in [-0.15, -0.1) is 10.2 Å². The molecule has 0 unspecified atom stereocenters. The maximum Gasteiger partial charge on any atom is 0.267 e. The molecule has 0 aliphatic rings. The minimum absolute atomic E-state index is 0.0770. The Kier molecular flexibility index (Phi) is 5.62. The first-order valence-electron chi connectivity index (χ1n) is 10.4. The van der Waals surface area contributed by atoms with Crippen molar-refractivity contribution in [1.29, 1.82) is 0 Å². The fraction of sp³-hybridized carbons (Fsp3) is 0.120. The summed E-state index contributed by atoms with van der Waals surface area (Å²) in [6.45, 7) is 1.93. The van der Waals surface area contributed by atoms with Gasteiger partial charge in [0.2, 0.25) is 5.78 Å². The Hall–Kier alpha value is -3.98. The monoisotopic (exact) mass is 474 g/mol. The van der Waals surface area contributed by atoms with Crippen molar-refractivity contribution in [3.63, 3.8) is 0 Å². The van der Waals surface area contributed by atoms with Crippen molar-refractivity contribution >= 4 is 34.2 Å². The Morgan fingerprint density at radius 1 is 1.06 bits per heavy atom. The summed E-state index contributed by atoms with van der Waals surface area (Å²) in [5, 5.41) is 9.54. The summed E-state index contributed by atoms with van der Waals surface area (Å²) in [6, 6.07) is 18.2. The van der Waals surface area contributed by atoms with Crippen LogP contribution >= 0.6 is 11.8 Å². The van der Waals surface area contributed by atoms with Crippen LogP contribution in [0.4, 0.5) is 4.39 Å². The van der Waals surface area contributed by atoms with Gasteiger partial charge in [0.15, 0.2) is 10.9 Å². The molecule has 7 nitrogen and oxygen atoms in total. The van der Waals surface area contributed by atoms with Gasteiger partial charge in [0.25, 0.3) is 5.56 Å². The van der Waals surface area contributed by atoms with Crippen molar-refractivity contribution in [1.82, 2.24) is 19.2 Å². The molecule has 0 radical (unpaired) electrons. The third-order valence-corrected chi connectivity index (χ3v) is 6.40. The lowest BCUT2D eigenvalue weighted by molar-refractivity contribution is 0.102. The normalized spacial score (nSPS) is 11.3. The number of ether oxygens (including phenoxy) is 1. The summed E-state index contributed by atoms with van der Waals surface area (Å²) in [7, 11) is 1.55. The van der Waals surface area contributed by atoms with E-state index in [0.717, 1.165) is 5.56 Å². The number of fused-ring (bicyclic) bond motifs is 3. The number of para-hydroxylation sites is 1. The molecule has 5 rings (SSSR count). The average molecular weight is 475 g/mol. The maximum absolute atomic E-state index is 13.5. The molecule has 5 aromatic rings. The molecule has 2 aromatic heterocycles. The highest BCUT2D eigenvalue weighted by molar-refractivity contribution is 7.99. The molecule has 2 heterocycles. The molecule has 0 atom stereocenters. The standard InChI is InChI=1S/C25H19FN4O3S/c1-15-7-12-22(33-2)20(13-15)29-23(32)18-5-3-4-6-19(18)30-24(29)27-28-25(30)34-14-21(31)16-8-10-17(26)11-9-16/h3-13H,14H2,1-2H3. The summed E-state index contributed by atoms with van der Waals surface area (Å²) in [6.07, 6.45) is 0. The van der Waals surface area contributed by atoms with Crippen LogP contribution in [0.25, 0.3) is 22.4 Å². The molecule has 0 aliphatic carbocycles. The van der Waals surface area contributed by atoms with Crippen LogP contribution in [0, 0.1) is 12.7 Å². The first-order chi connectivity index (χ1) is 16.5. The average Bonchev–Trinajstić information content (AvgIpc) is 3.27. The molecule has 0 N–H and O–H groups in total. The number of aryl methyl sites for hydroxylation is 1. The fourth-order valence-electron chi connectivity index (χ4n) is 3.81. The van der Waals surface area contributed by atoms with Crippen LogP contribution in [0.1, 0.15) is 15.9 Å². The summed E-state index contributed by atoms with van der Waals surface area (Å²) in [5.74, 6) is 0.342. The summed E-state index contributed by atoms with van der Waals surface area (Å²) in [5.41, 5.74) is 2.29. The fourth-order valence-corrected chi connectivity index (χ4v) is 4.65. The maximum atomic E-state index is 13.5. The highest BCUT2D eigenvalue weighted by atomic mass is 32.2. The third-order valence-electron chi connectivity index (χ3n) is 5.47. The van der Waals surface area contributed by atoms with Gasteiger partial charge < -0.3 is 4.74 Å². The van der Waals surface area contributed by atoms with E-state index in [0.29, 0.717) is 38.8 Å². The Labute approximate surface area is 197 Å². The van der Waals surface area contributed by atoms with Crippen LogP contribution in [0.2, 0.25) is 0 Å². The molecule has 0 saturated heterocycles. The number of hydrogen-bond acceptors (Lipinski definition) is 6. The number of aromatic nitrogens is 4. The SMILES string of the molecule is COc1ccc(C)cc1-n1c(=O)c2ccccc2n2c(SCC(=O)c3ccc(F)cc3)nnc12. The molecule has 0 saturated carbocycles. The van der Waals surface area contributed by atoms with E-state index >= 15 is 0 Å². The summed E-state index contributed by atoms with van der Waals surface area (Å²) < 4.78 is 22.0. The molecule has 0 spiro atoms. The largest absolute Gasteiger partial charge is 0.495 e. The Morgan fingerprint density at radius 2 is 1.82 bits per heavy atom. The van der Waals surface area contributed by atoms with Crippen LogP contribution in [0.3, 0.4) is 0 Å². The molecule has 3 aromatic carbocycles. The van der Waals surface area contributed by atoms with Crippen molar-refractivity contribution in [2.45, 2.75) is 12.1 Å². The highest BCUT2D eigenvalue weighted by Crippen LogP contribution is 2.28. The topological polar surface area (TPSA) is 78.5 Å². The van der Waals surface area contributed by atoms with Crippen molar-refractivity contribution in [2.24, 2.45) is 0 Å². The Morgan fingerprint density at radius 3 is 2.59 bits per heavy atom. The van der Waals surface area contributed by atoms with E-state index < -0.39 is 5.82 Å². The van der Waals surface area contributed by atoms with E-state index in [2.05, 4.69) is 10.2 Å². The van der Waals surface area contributed by atoms with E-state index in [9.17, 15) is 14.0 Å². The van der Waals surface area contributed by atoms with Crippen LogP contribution < -0.4 is 10.3 Å². The number of benzene rings is 3. The van der Waals surface area contributed by atoms with Gasteiger partial charge in [-0.25, -0.2) is 8.96 Å². The van der Waals surface area contributed by atoms with Crippen molar-refractivity contribution in [3.8, 4) is 11.4 Å². The number of hydrogen-bond donors (Lipinski definition) is 0. The van der Waals surface area contributed by atoms with Crippen molar-refractivity contribution < 1.29 is 13.9 Å². The molecule has 0 bridgehead atoms. The van der Waals surface area contributed by atoms with Crippen LogP contribution in [0.15, 0.2) is 76.7 Å². The quantitative estimate of drug-likeness (QED) is 0.267. The molecule has 0 aliphatic heterocycles. The van der Waals surface area contributed by atoms with E-state index in [1.165, 1.54) is 40.6 Å². The second kappa shape index (κ2) is 8.75. The molecule has 170 valence electrons. The number of ketones is 1. The van der Waals surface area contributed by atoms with Crippen LogP contribution in [-0.4, -0.2) is 37.8 Å². The van der Waals surface area contributed by atoms with Gasteiger partial charge in [-0.3, -0.25) is 14.0 Å². The summed E-state index contributed by atoms with van der Waals surface area (Å²) >= 11 is 1.20. The predicted octanol–water partition coefficient (Wildman–Crippen LogP) is 4.46. The van der Waals surface area contributed by atoms with Gasteiger partial charge in [-0.1, -0.05) is 30.0 Å². The third kappa shape index (κ3) is 3.73. The van der Waals surface area contributed by atoms with E-state index in [-0.39, 0.29) is 17.1 Å². The number of Topliss-reactive ketones (excluding diaryl/α,β-unsaturated/α-hetero) is 1. The minimum Gasteiger partial charge on any atom is -0.495 e. The second-order valence-corrected chi connectivity index (χ2v) is 8.61. The number of thioether (sulfide) groups is 1. The predicted molar refractivity (Wildman–Crippen MR) is 129 cm³/mol. The Bertz CT molecular complexity index is 1610. The van der Waals surface area contributed by atoms with Crippen molar-refractivity contribution in [3.05, 3.63) is 94.0 Å². The van der Waals surface area contributed by atoms with Gasteiger partial charge in [-0.2, -0.15) is 0 Å². The first kappa shape index (κ1) is 21.8. The molecular weight excluding hydrogens is 455 g/mol. The lowest BCUT2D eigenvalue weighted by Crippen LogP contribution is -2.22. The van der Waals surface area contributed by atoms with Gasteiger partial charge in [0.05, 0.1) is 29.5 Å². The zero-order chi connectivity index (χ0) is 23.8. The number of rotatable bonds is 6. The zero-order valence-electron chi connectivity index (χ0n) is 18.4. The zero-order valence-corrected chi connectivity index (χ0v) is 19.2. The molecule has 0 fully saturated rings. The molecule has 0 amide bonds. The van der Waals surface area contributed by atoms with Crippen molar-refractivity contribution in [2.75, 3.05) is 12.9 Å². The van der Waals surface area contributed by atoms with Gasteiger partial charge >= 0.3 is 0 Å². The Balaban J connectivity index is 1.67. The van der Waals surface area contributed by atoms with E-state index in [1.807, 2.05) is 31.2 Å². The number of carbonyl (C=O) groups excluding carboxylic acids is 1. The number of nitrogens with zero attached hydrogens (tertiary/aromatic N) is 4. The number of halogens is 1. The van der Waals surface area contributed by atoms with Gasteiger partial charge in [0, 0.05) is 5.56 Å². The summed E-state index contributed by atoms with van der Waals surface area (Å²) in [4.78, 5) is 26.2. The van der Waals surface area contributed by atoms with Crippen LogP contribution in [-0.2, 0) is 0 Å². The molecular formula is C25H19FN4O3S. The van der Waals surface area contributed by atoms with Crippen LogP contribution in [0.5, 0.6) is 5.75 Å². The first-order valence-corrected chi connectivity index (χ1v) is 11.4. The lowest BCUT2D eigenvalue weighted by atomic mass is 10.1. The van der Waals surface area contributed by atoms with E-state index in [1.54, 1.807) is 29.7 Å². The molecule has 34 heavy (non-hydrogen) atoms. The smallest absolute Gasteiger partial charge is 0.267 e. The highest BCUT2D eigenvalue weighted by Gasteiger charge is 2.20. The second-order valence-electron chi connectivity index (χ2n) is 7.67. The lowest BCUT2D eigenvalue weighted by Gasteiger charge is -2.14.